The number of hydrogen-bond donors (Lipinski definition) is 3. The maximum absolute atomic E-state index is 12.1. The minimum absolute atomic E-state index is 0.0361. The molecule has 1 atom stereocenters. The van der Waals surface area contributed by atoms with E-state index in [0.29, 0.717) is 6.54 Å². The highest BCUT2D eigenvalue weighted by atomic mass is 16.3. The lowest BCUT2D eigenvalue weighted by Crippen LogP contribution is -2.54. The molecule has 4 nitrogen and oxygen atoms in total. The van der Waals surface area contributed by atoms with E-state index in [1.165, 1.54) is 6.42 Å². The molecule has 0 radical (unpaired) electrons. The first-order valence-electron chi connectivity index (χ1n) is 6.80. The van der Waals surface area contributed by atoms with Gasteiger partial charge in [0.2, 0.25) is 5.91 Å². The second-order valence-corrected chi connectivity index (χ2v) is 5.83. The SMILES string of the molecule is CC1(C(=O)NCC2(O)CCCCC2)CCCN1. The zero-order valence-corrected chi connectivity index (χ0v) is 10.7. The van der Waals surface area contributed by atoms with Crippen molar-refractivity contribution in [3.8, 4) is 0 Å². The predicted octanol–water partition coefficient (Wildman–Crippen LogP) is 0.940. The van der Waals surface area contributed by atoms with Crippen LogP contribution >= 0.6 is 0 Å². The first kappa shape index (κ1) is 12.8. The van der Waals surface area contributed by atoms with Crippen LogP contribution in [0, 0.1) is 0 Å². The van der Waals surface area contributed by atoms with Crippen molar-refractivity contribution >= 4 is 5.91 Å². The topological polar surface area (TPSA) is 61.4 Å². The molecule has 1 saturated carbocycles. The van der Waals surface area contributed by atoms with Crippen molar-refractivity contribution < 1.29 is 9.90 Å². The zero-order valence-electron chi connectivity index (χ0n) is 10.7. The van der Waals surface area contributed by atoms with Gasteiger partial charge < -0.3 is 15.7 Å². The Morgan fingerprint density at radius 3 is 2.53 bits per heavy atom. The van der Waals surface area contributed by atoms with Gasteiger partial charge in [-0.3, -0.25) is 4.79 Å². The van der Waals surface area contributed by atoms with Gasteiger partial charge in [-0.25, -0.2) is 0 Å². The van der Waals surface area contributed by atoms with Gasteiger partial charge in [0.05, 0.1) is 11.1 Å². The van der Waals surface area contributed by atoms with Crippen molar-refractivity contribution in [1.82, 2.24) is 10.6 Å². The smallest absolute Gasteiger partial charge is 0.240 e. The molecule has 1 amide bonds. The molecule has 1 heterocycles. The second kappa shape index (κ2) is 4.94. The van der Waals surface area contributed by atoms with Crippen molar-refractivity contribution in [3.63, 3.8) is 0 Å². The van der Waals surface area contributed by atoms with Crippen LogP contribution in [0.3, 0.4) is 0 Å². The van der Waals surface area contributed by atoms with Gasteiger partial charge in [0.1, 0.15) is 0 Å². The van der Waals surface area contributed by atoms with Crippen LogP contribution in [0.15, 0.2) is 0 Å². The summed E-state index contributed by atoms with van der Waals surface area (Å²) in [5, 5.41) is 16.5. The van der Waals surface area contributed by atoms with Crippen LogP contribution in [0.25, 0.3) is 0 Å². The summed E-state index contributed by atoms with van der Waals surface area (Å²) in [6.07, 6.45) is 6.92. The molecule has 0 spiro atoms. The summed E-state index contributed by atoms with van der Waals surface area (Å²) in [5.74, 6) is 0.0361. The van der Waals surface area contributed by atoms with Gasteiger partial charge in [-0.05, 0) is 39.2 Å². The van der Waals surface area contributed by atoms with Crippen LogP contribution in [0.4, 0.5) is 0 Å². The fraction of sp³-hybridized carbons (Fsp3) is 0.923. The number of nitrogens with one attached hydrogen (secondary N) is 2. The molecule has 2 fully saturated rings. The Hall–Kier alpha value is -0.610. The summed E-state index contributed by atoms with van der Waals surface area (Å²) in [5.41, 5.74) is -1.09. The van der Waals surface area contributed by atoms with Crippen molar-refractivity contribution in [3.05, 3.63) is 0 Å². The summed E-state index contributed by atoms with van der Waals surface area (Å²) in [7, 11) is 0. The van der Waals surface area contributed by atoms with Crippen LogP contribution in [-0.2, 0) is 4.79 Å². The average molecular weight is 240 g/mol. The molecule has 1 aliphatic carbocycles. The molecule has 17 heavy (non-hydrogen) atoms. The first-order chi connectivity index (χ1) is 8.04. The lowest BCUT2D eigenvalue weighted by molar-refractivity contribution is -0.128. The van der Waals surface area contributed by atoms with E-state index in [-0.39, 0.29) is 5.91 Å². The Bertz CT molecular complexity index is 279. The lowest BCUT2D eigenvalue weighted by Gasteiger charge is -2.33. The Morgan fingerprint density at radius 2 is 1.94 bits per heavy atom. The van der Waals surface area contributed by atoms with Gasteiger partial charge in [0.25, 0.3) is 0 Å². The van der Waals surface area contributed by atoms with Crippen molar-refractivity contribution in [1.29, 1.82) is 0 Å². The van der Waals surface area contributed by atoms with Crippen LogP contribution in [0.1, 0.15) is 51.9 Å². The molecule has 4 heteroatoms. The zero-order chi connectivity index (χ0) is 12.4. The van der Waals surface area contributed by atoms with E-state index in [0.717, 1.165) is 45.1 Å². The first-order valence-corrected chi connectivity index (χ1v) is 6.80. The fourth-order valence-electron chi connectivity index (χ4n) is 2.91. The molecule has 2 aliphatic rings. The van der Waals surface area contributed by atoms with Crippen LogP contribution < -0.4 is 10.6 Å². The lowest BCUT2D eigenvalue weighted by atomic mass is 9.84. The number of carbonyl (C=O) groups is 1. The van der Waals surface area contributed by atoms with Crippen molar-refractivity contribution in [2.45, 2.75) is 63.0 Å². The normalized spacial score (nSPS) is 32.4. The van der Waals surface area contributed by atoms with E-state index < -0.39 is 11.1 Å². The summed E-state index contributed by atoms with van der Waals surface area (Å²) >= 11 is 0. The largest absolute Gasteiger partial charge is 0.388 e. The summed E-state index contributed by atoms with van der Waals surface area (Å²) in [6.45, 7) is 3.26. The maximum Gasteiger partial charge on any atom is 0.240 e. The summed E-state index contributed by atoms with van der Waals surface area (Å²) < 4.78 is 0. The van der Waals surface area contributed by atoms with Crippen molar-refractivity contribution in [2.75, 3.05) is 13.1 Å². The molecular formula is C13H24N2O2. The number of hydrogen-bond acceptors (Lipinski definition) is 3. The third-order valence-corrected chi connectivity index (χ3v) is 4.23. The number of amides is 1. The number of rotatable bonds is 3. The van der Waals surface area contributed by atoms with Crippen LogP contribution in [0.2, 0.25) is 0 Å². The highest BCUT2D eigenvalue weighted by Gasteiger charge is 2.37. The van der Waals surface area contributed by atoms with Gasteiger partial charge in [-0.2, -0.15) is 0 Å². The van der Waals surface area contributed by atoms with Crippen LogP contribution in [0.5, 0.6) is 0 Å². The third kappa shape index (κ3) is 2.99. The van der Waals surface area contributed by atoms with E-state index in [1.54, 1.807) is 0 Å². The second-order valence-electron chi connectivity index (χ2n) is 5.83. The van der Waals surface area contributed by atoms with Gasteiger partial charge in [0.15, 0.2) is 0 Å². The van der Waals surface area contributed by atoms with E-state index in [2.05, 4.69) is 10.6 Å². The highest BCUT2D eigenvalue weighted by Crippen LogP contribution is 2.27. The monoisotopic (exact) mass is 240 g/mol. The van der Waals surface area contributed by atoms with E-state index in [9.17, 15) is 9.90 Å². The standard InChI is InChI=1S/C13H24N2O2/c1-12(6-5-9-15-12)11(16)14-10-13(17)7-3-2-4-8-13/h15,17H,2-10H2,1H3,(H,14,16). The maximum atomic E-state index is 12.1. The van der Waals surface area contributed by atoms with E-state index in [4.69, 9.17) is 0 Å². The van der Waals surface area contributed by atoms with Crippen LogP contribution in [-0.4, -0.2) is 35.2 Å². The molecular weight excluding hydrogens is 216 g/mol. The highest BCUT2D eigenvalue weighted by molar-refractivity contribution is 5.86. The van der Waals surface area contributed by atoms with Gasteiger partial charge in [-0.1, -0.05) is 19.3 Å². The summed E-state index contributed by atoms with van der Waals surface area (Å²) in [4.78, 5) is 12.1. The Balaban J connectivity index is 1.83. The predicted molar refractivity (Wildman–Crippen MR) is 66.7 cm³/mol. The molecule has 0 aromatic rings. The van der Waals surface area contributed by atoms with Gasteiger partial charge in [-0.15, -0.1) is 0 Å². The Labute approximate surface area is 103 Å². The Morgan fingerprint density at radius 1 is 1.24 bits per heavy atom. The molecule has 0 aromatic heterocycles. The Kier molecular flexibility index (Phi) is 3.73. The fourth-order valence-corrected chi connectivity index (χ4v) is 2.91. The third-order valence-electron chi connectivity index (χ3n) is 4.23. The molecule has 2 rings (SSSR count). The average Bonchev–Trinajstić information content (AvgIpc) is 2.75. The van der Waals surface area contributed by atoms with Gasteiger partial charge in [0, 0.05) is 6.54 Å². The molecule has 1 saturated heterocycles. The molecule has 1 unspecified atom stereocenters. The molecule has 1 aliphatic heterocycles. The number of aliphatic hydroxyl groups is 1. The minimum Gasteiger partial charge on any atom is -0.388 e. The minimum atomic E-state index is -0.664. The van der Waals surface area contributed by atoms with E-state index in [1.807, 2.05) is 6.92 Å². The molecule has 3 N–H and O–H groups in total. The molecule has 0 bridgehead atoms. The summed E-state index contributed by atoms with van der Waals surface area (Å²) in [6, 6.07) is 0. The van der Waals surface area contributed by atoms with E-state index >= 15 is 0 Å². The van der Waals surface area contributed by atoms with Crippen molar-refractivity contribution in [2.24, 2.45) is 0 Å². The number of carbonyl (C=O) groups excluding carboxylic acids is 1. The molecule has 98 valence electrons. The quantitative estimate of drug-likeness (QED) is 0.688. The molecule has 0 aromatic carbocycles. The van der Waals surface area contributed by atoms with Gasteiger partial charge >= 0.3 is 0 Å².